The number of carboxylic acid groups (broad SMARTS) is 1. The van der Waals surface area contributed by atoms with Crippen LogP contribution in [0.1, 0.15) is 25.3 Å². The summed E-state index contributed by atoms with van der Waals surface area (Å²) in [5.41, 5.74) is 2.02. The highest BCUT2D eigenvalue weighted by Crippen LogP contribution is 2.29. The normalized spacial score (nSPS) is 10.1. The number of halogens is 1. The number of aliphatic carboxylic acids is 1. The summed E-state index contributed by atoms with van der Waals surface area (Å²) in [6.45, 7) is 6.18. The highest BCUT2D eigenvalue weighted by Gasteiger charge is 2.07. The predicted molar refractivity (Wildman–Crippen MR) is 75.0 cm³/mol. The smallest absolute Gasteiger partial charge is 0.303 e. The molecule has 1 N–H and O–H groups in total. The standard InChI is InChI=1S/C14H17BrO3/c1-10(2)9-18-12-7-3-5-11(14(12)15)6-4-8-13(16)17/h3,5,7H,1,4,6,8-9H2,2H3,(H,16,17). The lowest BCUT2D eigenvalue weighted by Gasteiger charge is -2.11. The first-order valence-electron chi connectivity index (χ1n) is 5.77. The number of hydrogen-bond acceptors (Lipinski definition) is 2. The number of ether oxygens (including phenoxy) is 1. The highest BCUT2D eigenvalue weighted by molar-refractivity contribution is 9.10. The van der Waals surface area contributed by atoms with Crippen molar-refractivity contribution in [2.24, 2.45) is 0 Å². The van der Waals surface area contributed by atoms with Gasteiger partial charge in [0, 0.05) is 6.42 Å². The van der Waals surface area contributed by atoms with Crippen LogP contribution in [0.2, 0.25) is 0 Å². The van der Waals surface area contributed by atoms with Gasteiger partial charge in [0.2, 0.25) is 0 Å². The van der Waals surface area contributed by atoms with Crippen molar-refractivity contribution in [2.45, 2.75) is 26.2 Å². The molecule has 0 spiro atoms. The van der Waals surface area contributed by atoms with Gasteiger partial charge in [0.1, 0.15) is 12.4 Å². The zero-order chi connectivity index (χ0) is 13.5. The van der Waals surface area contributed by atoms with Gasteiger partial charge < -0.3 is 9.84 Å². The fraction of sp³-hybridized carbons (Fsp3) is 0.357. The minimum Gasteiger partial charge on any atom is -0.488 e. The lowest BCUT2D eigenvalue weighted by Crippen LogP contribution is -2.00. The molecule has 1 rings (SSSR count). The molecule has 0 heterocycles. The van der Waals surface area contributed by atoms with Crippen LogP contribution in [0, 0.1) is 0 Å². The average Bonchev–Trinajstić information content (AvgIpc) is 2.29. The number of hydrogen-bond donors (Lipinski definition) is 1. The van der Waals surface area contributed by atoms with Gasteiger partial charge in [-0.15, -0.1) is 0 Å². The second kappa shape index (κ2) is 7.21. The molecule has 18 heavy (non-hydrogen) atoms. The van der Waals surface area contributed by atoms with Crippen LogP contribution in [0.15, 0.2) is 34.8 Å². The van der Waals surface area contributed by atoms with E-state index >= 15 is 0 Å². The lowest BCUT2D eigenvalue weighted by atomic mass is 10.1. The Kier molecular flexibility index (Phi) is 5.92. The van der Waals surface area contributed by atoms with Gasteiger partial charge >= 0.3 is 5.97 Å². The van der Waals surface area contributed by atoms with Gasteiger partial charge in [0.05, 0.1) is 4.47 Å². The van der Waals surface area contributed by atoms with Gasteiger partial charge in [-0.2, -0.15) is 0 Å². The Morgan fingerprint density at radius 1 is 1.50 bits per heavy atom. The fourth-order valence-corrected chi connectivity index (χ4v) is 2.07. The van der Waals surface area contributed by atoms with Crippen LogP contribution in [0.3, 0.4) is 0 Å². The van der Waals surface area contributed by atoms with Crippen LogP contribution >= 0.6 is 15.9 Å². The van der Waals surface area contributed by atoms with Crippen molar-refractivity contribution in [3.8, 4) is 5.75 Å². The van der Waals surface area contributed by atoms with E-state index in [1.807, 2.05) is 25.1 Å². The molecule has 98 valence electrons. The Labute approximate surface area is 116 Å². The molecule has 0 aliphatic carbocycles. The van der Waals surface area contributed by atoms with E-state index in [1.165, 1.54) is 0 Å². The Hall–Kier alpha value is -1.29. The molecular weight excluding hydrogens is 296 g/mol. The summed E-state index contributed by atoms with van der Waals surface area (Å²) in [6.07, 6.45) is 1.53. The zero-order valence-electron chi connectivity index (χ0n) is 10.4. The highest BCUT2D eigenvalue weighted by atomic mass is 79.9. The number of rotatable bonds is 7. The van der Waals surface area contributed by atoms with Gasteiger partial charge in [-0.05, 0) is 52.9 Å². The summed E-state index contributed by atoms with van der Waals surface area (Å²) < 4.78 is 6.50. The molecule has 0 saturated heterocycles. The van der Waals surface area contributed by atoms with Crippen LogP contribution in [0.25, 0.3) is 0 Å². The van der Waals surface area contributed by atoms with Crippen LogP contribution in [-0.4, -0.2) is 17.7 Å². The molecule has 0 fully saturated rings. The van der Waals surface area contributed by atoms with Crippen LogP contribution in [-0.2, 0) is 11.2 Å². The molecule has 0 unspecified atom stereocenters. The van der Waals surface area contributed by atoms with Crippen LogP contribution < -0.4 is 4.74 Å². The number of carboxylic acids is 1. The molecule has 0 saturated carbocycles. The van der Waals surface area contributed by atoms with Gasteiger partial charge in [-0.1, -0.05) is 18.7 Å². The third-order valence-corrected chi connectivity index (χ3v) is 3.25. The maximum absolute atomic E-state index is 10.5. The predicted octanol–water partition coefficient (Wildman–Crippen LogP) is 3.81. The second-order valence-electron chi connectivity index (χ2n) is 4.22. The number of benzene rings is 1. The number of aryl methyl sites for hydroxylation is 1. The van der Waals surface area contributed by atoms with Gasteiger partial charge in [0.15, 0.2) is 0 Å². The Morgan fingerprint density at radius 2 is 2.22 bits per heavy atom. The van der Waals surface area contributed by atoms with E-state index in [0.717, 1.165) is 27.8 Å². The summed E-state index contributed by atoms with van der Waals surface area (Å²) in [5, 5.41) is 8.61. The summed E-state index contributed by atoms with van der Waals surface area (Å²) >= 11 is 3.50. The van der Waals surface area contributed by atoms with E-state index in [2.05, 4.69) is 22.5 Å². The van der Waals surface area contributed by atoms with Crippen molar-refractivity contribution < 1.29 is 14.6 Å². The first-order chi connectivity index (χ1) is 8.50. The van der Waals surface area contributed by atoms with Crippen molar-refractivity contribution in [3.63, 3.8) is 0 Å². The average molecular weight is 313 g/mol. The van der Waals surface area contributed by atoms with Gasteiger partial charge in [-0.3, -0.25) is 4.79 Å². The quantitative estimate of drug-likeness (QED) is 0.779. The van der Waals surface area contributed by atoms with E-state index in [1.54, 1.807) is 0 Å². The third kappa shape index (κ3) is 4.92. The molecule has 0 atom stereocenters. The molecular formula is C14H17BrO3. The van der Waals surface area contributed by atoms with E-state index < -0.39 is 5.97 Å². The summed E-state index contributed by atoms with van der Waals surface area (Å²) in [7, 11) is 0. The van der Waals surface area contributed by atoms with Gasteiger partial charge in [-0.25, -0.2) is 0 Å². The molecule has 1 aromatic carbocycles. The lowest BCUT2D eigenvalue weighted by molar-refractivity contribution is -0.137. The van der Waals surface area contributed by atoms with Crippen LogP contribution in [0.4, 0.5) is 0 Å². The second-order valence-corrected chi connectivity index (χ2v) is 5.02. The number of carbonyl (C=O) groups is 1. The topological polar surface area (TPSA) is 46.5 Å². The Morgan fingerprint density at radius 3 is 2.83 bits per heavy atom. The van der Waals surface area contributed by atoms with Crippen molar-refractivity contribution in [2.75, 3.05) is 6.61 Å². The molecule has 0 amide bonds. The monoisotopic (exact) mass is 312 g/mol. The summed E-state index contributed by atoms with van der Waals surface area (Å²) in [4.78, 5) is 10.5. The first-order valence-corrected chi connectivity index (χ1v) is 6.56. The molecule has 0 aliphatic rings. The zero-order valence-corrected chi connectivity index (χ0v) is 12.0. The SMILES string of the molecule is C=C(C)COc1cccc(CCCC(=O)O)c1Br. The van der Waals surface area contributed by atoms with Crippen molar-refractivity contribution in [1.82, 2.24) is 0 Å². The maximum atomic E-state index is 10.5. The van der Waals surface area contributed by atoms with Gasteiger partial charge in [0.25, 0.3) is 0 Å². The van der Waals surface area contributed by atoms with Crippen molar-refractivity contribution in [3.05, 3.63) is 40.4 Å². The molecule has 3 nitrogen and oxygen atoms in total. The minimum absolute atomic E-state index is 0.184. The third-order valence-electron chi connectivity index (χ3n) is 2.35. The summed E-state index contributed by atoms with van der Waals surface area (Å²) in [6, 6.07) is 5.77. The van der Waals surface area contributed by atoms with E-state index in [9.17, 15) is 4.79 Å². The molecule has 4 heteroatoms. The Bertz CT molecular complexity index is 441. The van der Waals surface area contributed by atoms with E-state index in [4.69, 9.17) is 9.84 Å². The Balaban J connectivity index is 2.66. The summed E-state index contributed by atoms with van der Waals surface area (Å²) in [5.74, 6) is 0.00614. The molecule has 0 radical (unpaired) electrons. The molecule has 0 aromatic heterocycles. The van der Waals surface area contributed by atoms with Crippen molar-refractivity contribution in [1.29, 1.82) is 0 Å². The van der Waals surface area contributed by atoms with Crippen molar-refractivity contribution >= 4 is 21.9 Å². The van der Waals surface area contributed by atoms with Crippen LogP contribution in [0.5, 0.6) is 5.75 Å². The molecule has 0 bridgehead atoms. The minimum atomic E-state index is -0.763. The van der Waals surface area contributed by atoms with E-state index in [-0.39, 0.29) is 6.42 Å². The fourth-order valence-electron chi connectivity index (χ4n) is 1.49. The van der Waals surface area contributed by atoms with E-state index in [0.29, 0.717) is 13.0 Å². The molecule has 1 aromatic rings. The largest absolute Gasteiger partial charge is 0.488 e. The first kappa shape index (κ1) is 14.8. The maximum Gasteiger partial charge on any atom is 0.303 e. The molecule has 0 aliphatic heterocycles.